The van der Waals surface area contributed by atoms with Crippen LogP contribution >= 0.6 is 22.9 Å². The molecule has 0 aromatic carbocycles. The summed E-state index contributed by atoms with van der Waals surface area (Å²) in [7, 11) is 0. The summed E-state index contributed by atoms with van der Waals surface area (Å²) >= 11 is 7.05. The summed E-state index contributed by atoms with van der Waals surface area (Å²) in [6, 6.07) is 1.71. The minimum absolute atomic E-state index is 0.405. The first-order chi connectivity index (χ1) is 7.65. The number of halogens is 1. The van der Waals surface area contributed by atoms with Crippen LogP contribution in [-0.2, 0) is 0 Å². The summed E-state index contributed by atoms with van der Waals surface area (Å²) in [5, 5.41) is 0.498. The van der Waals surface area contributed by atoms with Gasteiger partial charge in [-0.3, -0.25) is 14.8 Å². The normalized spacial score (nSPS) is 11.3. The van der Waals surface area contributed by atoms with E-state index in [0.717, 1.165) is 4.70 Å². The Bertz CT molecular complexity index is 817. The molecule has 0 radical (unpaired) electrons. The van der Waals surface area contributed by atoms with E-state index in [0.29, 0.717) is 20.8 Å². The van der Waals surface area contributed by atoms with Crippen molar-refractivity contribution in [2.45, 2.75) is 0 Å². The number of hydrogen-bond acceptors (Lipinski definition) is 4. The van der Waals surface area contributed by atoms with Gasteiger partial charge < -0.3 is 4.98 Å². The van der Waals surface area contributed by atoms with E-state index in [2.05, 4.69) is 15.0 Å². The van der Waals surface area contributed by atoms with Gasteiger partial charge >= 0.3 is 5.69 Å². The van der Waals surface area contributed by atoms with Crippen LogP contribution < -0.4 is 11.2 Å². The molecule has 3 rings (SSSR count). The molecule has 0 aliphatic rings. The maximum atomic E-state index is 11.5. The molecule has 0 unspecified atom stereocenters. The fourth-order valence-corrected chi connectivity index (χ4v) is 2.81. The molecule has 3 aromatic heterocycles. The topological polar surface area (TPSA) is 78.6 Å². The minimum Gasteiger partial charge on any atom is -0.304 e. The van der Waals surface area contributed by atoms with Crippen LogP contribution in [0.5, 0.6) is 0 Å². The van der Waals surface area contributed by atoms with Crippen LogP contribution in [0.4, 0.5) is 0 Å². The highest BCUT2D eigenvalue weighted by Crippen LogP contribution is 2.29. The molecule has 3 heterocycles. The van der Waals surface area contributed by atoms with Crippen LogP contribution in [-0.4, -0.2) is 15.0 Å². The second-order valence-corrected chi connectivity index (χ2v) is 4.70. The Kier molecular flexibility index (Phi) is 1.89. The van der Waals surface area contributed by atoms with Crippen molar-refractivity contribution in [3.8, 4) is 0 Å². The SMILES string of the molecule is O=c1[nH]c(=O)c2sc3cc(Cl)cnc3c2[nH]1. The highest BCUT2D eigenvalue weighted by Gasteiger charge is 2.10. The lowest BCUT2D eigenvalue weighted by Gasteiger charge is -1.90. The lowest BCUT2D eigenvalue weighted by molar-refractivity contribution is 1.09. The molecular weight excluding hydrogens is 250 g/mol. The standard InChI is InChI=1S/C9H4ClN3O2S/c10-3-1-4-5(11-2-3)6-7(16-4)8(14)13-9(15)12-6/h1-2H,(H2,12,13,14,15). The van der Waals surface area contributed by atoms with Crippen molar-refractivity contribution in [1.29, 1.82) is 0 Å². The first-order valence-electron chi connectivity index (χ1n) is 4.35. The Morgan fingerprint density at radius 2 is 2.12 bits per heavy atom. The van der Waals surface area contributed by atoms with Gasteiger partial charge in [0.05, 0.1) is 15.2 Å². The van der Waals surface area contributed by atoms with Crippen LogP contribution in [0.1, 0.15) is 0 Å². The van der Waals surface area contributed by atoms with Crippen molar-refractivity contribution in [2.75, 3.05) is 0 Å². The third-order valence-electron chi connectivity index (χ3n) is 2.17. The van der Waals surface area contributed by atoms with Crippen molar-refractivity contribution in [3.63, 3.8) is 0 Å². The lowest BCUT2D eigenvalue weighted by atomic mass is 10.3. The van der Waals surface area contributed by atoms with Gasteiger partial charge in [0.1, 0.15) is 10.2 Å². The summed E-state index contributed by atoms with van der Waals surface area (Å²) < 4.78 is 1.22. The zero-order chi connectivity index (χ0) is 11.3. The van der Waals surface area contributed by atoms with Gasteiger partial charge in [-0.1, -0.05) is 11.6 Å². The number of thiophene rings is 1. The molecule has 16 heavy (non-hydrogen) atoms. The highest BCUT2D eigenvalue weighted by atomic mass is 35.5. The van der Waals surface area contributed by atoms with Gasteiger partial charge in [0.2, 0.25) is 0 Å². The predicted molar refractivity (Wildman–Crippen MR) is 63.4 cm³/mol. The number of hydrogen-bond donors (Lipinski definition) is 2. The molecule has 3 aromatic rings. The monoisotopic (exact) mass is 253 g/mol. The van der Waals surface area contributed by atoms with Gasteiger partial charge in [-0.15, -0.1) is 11.3 Å². The number of rotatable bonds is 0. The molecule has 0 spiro atoms. The van der Waals surface area contributed by atoms with Crippen LogP contribution in [0, 0.1) is 0 Å². The van der Waals surface area contributed by atoms with Gasteiger partial charge in [0.25, 0.3) is 5.56 Å². The van der Waals surface area contributed by atoms with Gasteiger partial charge in [0.15, 0.2) is 0 Å². The lowest BCUT2D eigenvalue weighted by Crippen LogP contribution is -2.20. The van der Waals surface area contributed by atoms with Crippen molar-refractivity contribution in [2.24, 2.45) is 0 Å². The zero-order valence-electron chi connectivity index (χ0n) is 7.70. The summed E-state index contributed by atoms with van der Waals surface area (Å²) in [5.41, 5.74) is 0.116. The smallest absolute Gasteiger partial charge is 0.304 e. The number of aromatic nitrogens is 3. The third-order valence-corrected chi connectivity index (χ3v) is 3.50. The number of H-pyrrole nitrogens is 2. The largest absolute Gasteiger partial charge is 0.326 e. The molecule has 0 saturated heterocycles. The summed E-state index contributed by atoms with van der Waals surface area (Å²) in [6.45, 7) is 0. The summed E-state index contributed by atoms with van der Waals surface area (Å²) in [4.78, 5) is 31.5. The fraction of sp³-hybridized carbons (Fsp3) is 0. The second-order valence-electron chi connectivity index (χ2n) is 3.21. The molecule has 7 heteroatoms. The van der Waals surface area contributed by atoms with Crippen molar-refractivity contribution < 1.29 is 0 Å². The zero-order valence-corrected chi connectivity index (χ0v) is 9.28. The van der Waals surface area contributed by atoms with E-state index in [1.165, 1.54) is 17.5 Å². The quantitative estimate of drug-likeness (QED) is 0.637. The average Bonchev–Trinajstić information content (AvgIpc) is 2.56. The Balaban J connectivity index is 2.66. The third kappa shape index (κ3) is 1.27. The Labute approximate surface area is 96.7 Å². The van der Waals surface area contributed by atoms with E-state index < -0.39 is 11.2 Å². The van der Waals surface area contributed by atoms with Crippen LogP contribution in [0.3, 0.4) is 0 Å². The molecule has 5 nitrogen and oxygen atoms in total. The Hall–Kier alpha value is -1.66. The molecule has 0 bridgehead atoms. The first kappa shape index (κ1) is 9.56. The Morgan fingerprint density at radius 1 is 1.31 bits per heavy atom. The fourth-order valence-electron chi connectivity index (χ4n) is 1.54. The van der Waals surface area contributed by atoms with Gasteiger partial charge in [-0.2, -0.15) is 0 Å². The molecule has 2 N–H and O–H groups in total. The van der Waals surface area contributed by atoms with Crippen LogP contribution in [0.25, 0.3) is 20.4 Å². The minimum atomic E-state index is -0.533. The van der Waals surface area contributed by atoms with Crippen molar-refractivity contribution >= 4 is 43.4 Å². The molecular formula is C9H4ClN3O2S. The molecule has 80 valence electrons. The van der Waals surface area contributed by atoms with Crippen LogP contribution in [0.15, 0.2) is 21.9 Å². The van der Waals surface area contributed by atoms with Gasteiger partial charge in [0, 0.05) is 6.20 Å². The number of nitrogens with zero attached hydrogens (tertiary/aromatic N) is 1. The molecule has 0 fully saturated rings. The molecule has 0 amide bonds. The predicted octanol–water partition coefficient (Wildman–Crippen LogP) is 1.48. The highest BCUT2D eigenvalue weighted by molar-refractivity contribution is 7.25. The van der Waals surface area contributed by atoms with E-state index in [-0.39, 0.29) is 0 Å². The maximum Gasteiger partial charge on any atom is 0.326 e. The van der Waals surface area contributed by atoms with Gasteiger partial charge in [-0.25, -0.2) is 4.79 Å². The van der Waals surface area contributed by atoms with E-state index in [4.69, 9.17) is 11.6 Å². The van der Waals surface area contributed by atoms with Crippen LogP contribution in [0.2, 0.25) is 5.02 Å². The number of aromatic amines is 2. The second kappa shape index (κ2) is 3.16. The number of fused-ring (bicyclic) bond motifs is 3. The van der Waals surface area contributed by atoms with E-state index in [1.54, 1.807) is 6.07 Å². The molecule has 0 aliphatic heterocycles. The van der Waals surface area contributed by atoms with Gasteiger partial charge in [-0.05, 0) is 6.07 Å². The van der Waals surface area contributed by atoms with E-state index in [9.17, 15) is 9.59 Å². The Morgan fingerprint density at radius 3 is 2.94 bits per heavy atom. The van der Waals surface area contributed by atoms with E-state index in [1.807, 2.05) is 0 Å². The number of pyridine rings is 1. The molecule has 0 atom stereocenters. The van der Waals surface area contributed by atoms with E-state index >= 15 is 0 Å². The summed E-state index contributed by atoms with van der Waals surface area (Å²) in [6.07, 6.45) is 1.48. The molecule has 0 saturated carbocycles. The molecule has 0 aliphatic carbocycles. The average molecular weight is 254 g/mol. The first-order valence-corrected chi connectivity index (χ1v) is 5.55. The number of nitrogens with one attached hydrogen (secondary N) is 2. The van der Waals surface area contributed by atoms with Crippen molar-refractivity contribution in [3.05, 3.63) is 38.1 Å². The van der Waals surface area contributed by atoms with Crippen molar-refractivity contribution in [1.82, 2.24) is 15.0 Å². The summed E-state index contributed by atoms with van der Waals surface area (Å²) in [5.74, 6) is 0. The maximum absolute atomic E-state index is 11.5.